The number of hydrogen-bond donors (Lipinski definition) is 2. The molecule has 0 aliphatic rings. The van der Waals surface area contributed by atoms with Crippen molar-refractivity contribution in [1.82, 2.24) is 5.43 Å². The summed E-state index contributed by atoms with van der Waals surface area (Å²) in [5.41, 5.74) is 2.81. The minimum absolute atomic E-state index is 0.394. The molecule has 0 radical (unpaired) electrons. The zero-order valence-corrected chi connectivity index (χ0v) is 8.71. The number of nitrogens with two attached hydrogens (primary N) is 1. The molecule has 0 aliphatic heterocycles. The molecule has 3 N–H and O–H groups in total. The zero-order valence-electron chi connectivity index (χ0n) is 8.71. The molecule has 0 aromatic heterocycles. The number of nitrogens with one attached hydrogen (secondary N) is 1. The third kappa shape index (κ3) is 8.18. The van der Waals surface area contributed by atoms with E-state index in [0.29, 0.717) is 6.04 Å². The van der Waals surface area contributed by atoms with Crippen LogP contribution in [0.5, 0.6) is 0 Å². The summed E-state index contributed by atoms with van der Waals surface area (Å²) >= 11 is 0. The Morgan fingerprint density at radius 1 is 1.08 bits per heavy atom. The molecule has 0 aromatic rings. The molecule has 13 heavy (non-hydrogen) atoms. The van der Waals surface area contributed by atoms with Crippen molar-refractivity contribution in [1.29, 1.82) is 0 Å². The van der Waals surface area contributed by atoms with Gasteiger partial charge in [0.2, 0.25) is 0 Å². The van der Waals surface area contributed by atoms with Crippen molar-refractivity contribution in [2.24, 2.45) is 5.84 Å². The van der Waals surface area contributed by atoms with Gasteiger partial charge in [0, 0.05) is 33.5 Å². The fourth-order valence-corrected chi connectivity index (χ4v) is 1.26. The quantitative estimate of drug-likeness (QED) is 0.319. The molecule has 4 nitrogen and oxygen atoms in total. The fourth-order valence-electron chi connectivity index (χ4n) is 1.26. The Labute approximate surface area is 80.7 Å². The lowest BCUT2D eigenvalue weighted by Gasteiger charge is -2.14. The number of hydrogen-bond acceptors (Lipinski definition) is 4. The van der Waals surface area contributed by atoms with Gasteiger partial charge < -0.3 is 9.47 Å². The van der Waals surface area contributed by atoms with Crippen molar-refractivity contribution >= 4 is 0 Å². The van der Waals surface area contributed by atoms with Gasteiger partial charge in [0.15, 0.2) is 0 Å². The van der Waals surface area contributed by atoms with E-state index in [1.807, 2.05) is 0 Å². The topological polar surface area (TPSA) is 56.5 Å². The lowest BCUT2D eigenvalue weighted by molar-refractivity contribution is 0.178. The monoisotopic (exact) mass is 190 g/mol. The van der Waals surface area contributed by atoms with E-state index in [1.165, 1.54) is 0 Å². The lowest BCUT2D eigenvalue weighted by Crippen LogP contribution is -2.35. The van der Waals surface area contributed by atoms with E-state index < -0.39 is 0 Å². The van der Waals surface area contributed by atoms with Gasteiger partial charge >= 0.3 is 0 Å². The number of rotatable bonds is 9. The zero-order chi connectivity index (χ0) is 9.94. The standard InChI is InChI=1S/C9H22N2O2/c1-12-7-3-5-9(11-10)6-4-8-13-2/h9,11H,3-8,10H2,1-2H3. The second-order valence-electron chi connectivity index (χ2n) is 3.13. The maximum Gasteiger partial charge on any atom is 0.0462 e. The average molecular weight is 190 g/mol. The third-order valence-electron chi connectivity index (χ3n) is 2.04. The highest BCUT2D eigenvalue weighted by atomic mass is 16.5. The molecule has 0 amide bonds. The third-order valence-corrected chi connectivity index (χ3v) is 2.04. The molecule has 0 aliphatic carbocycles. The van der Waals surface area contributed by atoms with Crippen molar-refractivity contribution < 1.29 is 9.47 Å². The van der Waals surface area contributed by atoms with E-state index in [4.69, 9.17) is 15.3 Å². The Balaban J connectivity index is 3.28. The molecule has 0 fully saturated rings. The highest BCUT2D eigenvalue weighted by Crippen LogP contribution is 2.04. The second kappa shape index (κ2) is 9.92. The Morgan fingerprint density at radius 2 is 1.54 bits per heavy atom. The highest BCUT2D eigenvalue weighted by molar-refractivity contribution is 4.63. The average Bonchev–Trinajstić information content (AvgIpc) is 2.16. The van der Waals surface area contributed by atoms with E-state index in [0.717, 1.165) is 38.9 Å². The first-order valence-corrected chi connectivity index (χ1v) is 4.79. The van der Waals surface area contributed by atoms with Crippen molar-refractivity contribution in [2.75, 3.05) is 27.4 Å². The van der Waals surface area contributed by atoms with E-state index in [9.17, 15) is 0 Å². The SMILES string of the molecule is COCCCC(CCCOC)NN. The molecular formula is C9H22N2O2. The first-order chi connectivity index (χ1) is 6.35. The van der Waals surface area contributed by atoms with Crippen LogP contribution < -0.4 is 11.3 Å². The predicted octanol–water partition coefficient (Wildman–Crippen LogP) is 0.672. The van der Waals surface area contributed by atoms with Gasteiger partial charge in [0.25, 0.3) is 0 Å². The van der Waals surface area contributed by atoms with Crippen molar-refractivity contribution in [3.05, 3.63) is 0 Å². The minimum Gasteiger partial charge on any atom is -0.385 e. The van der Waals surface area contributed by atoms with Gasteiger partial charge in [-0.25, -0.2) is 0 Å². The molecule has 0 spiro atoms. The van der Waals surface area contributed by atoms with Crippen LogP contribution in [0.15, 0.2) is 0 Å². The Bertz CT molecular complexity index is 91.6. The Morgan fingerprint density at radius 3 is 1.85 bits per heavy atom. The summed E-state index contributed by atoms with van der Waals surface area (Å²) < 4.78 is 9.94. The number of hydrazine groups is 1. The van der Waals surface area contributed by atoms with Crippen LogP contribution in [0.3, 0.4) is 0 Å². The van der Waals surface area contributed by atoms with Gasteiger partial charge in [-0.3, -0.25) is 11.3 Å². The van der Waals surface area contributed by atoms with Crippen molar-refractivity contribution in [3.8, 4) is 0 Å². The summed E-state index contributed by atoms with van der Waals surface area (Å²) in [7, 11) is 3.44. The van der Waals surface area contributed by atoms with Gasteiger partial charge in [0.1, 0.15) is 0 Å². The summed E-state index contributed by atoms with van der Waals surface area (Å²) in [4.78, 5) is 0. The first-order valence-electron chi connectivity index (χ1n) is 4.79. The summed E-state index contributed by atoms with van der Waals surface area (Å²) in [5, 5.41) is 0. The van der Waals surface area contributed by atoms with E-state index >= 15 is 0 Å². The summed E-state index contributed by atoms with van der Waals surface area (Å²) in [5.74, 6) is 5.41. The number of ether oxygens (including phenoxy) is 2. The van der Waals surface area contributed by atoms with Crippen LogP contribution in [0.2, 0.25) is 0 Å². The van der Waals surface area contributed by atoms with Crippen LogP contribution >= 0.6 is 0 Å². The van der Waals surface area contributed by atoms with Crippen LogP contribution in [0, 0.1) is 0 Å². The highest BCUT2D eigenvalue weighted by Gasteiger charge is 2.04. The molecule has 80 valence electrons. The molecule has 0 heterocycles. The number of methoxy groups -OCH3 is 2. The van der Waals surface area contributed by atoms with Gasteiger partial charge in [0.05, 0.1) is 0 Å². The summed E-state index contributed by atoms with van der Waals surface area (Å²) in [6.07, 6.45) is 4.23. The molecule has 0 rings (SSSR count). The van der Waals surface area contributed by atoms with Gasteiger partial charge in [-0.15, -0.1) is 0 Å². The largest absolute Gasteiger partial charge is 0.385 e. The minimum atomic E-state index is 0.394. The molecule has 4 heteroatoms. The molecule has 0 saturated carbocycles. The van der Waals surface area contributed by atoms with Gasteiger partial charge in [-0.05, 0) is 25.7 Å². The molecular weight excluding hydrogens is 168 g/mol. The summed E-state index contributed by atoms with van der Waals surface area (Å²) in [6, 6.07) is 0.394. The fraction of sp³-hybridized carbons (Fsp3) is 1.00. The smallest absolute Gasteiger partial charge is 0.0462 e. The van der Waals surface area contributed by atoms with Gasteiger partial charge in [-0.2, -0.15) is 0 Å². The second-order valence-corrected chi connectivity index (χ2v) is 3.13. The first kappa shape index (κ1) is 12.8. The lowest BCUT2D eigenvalue weighted by atomic mass is 10.1. The maximum absolute atomic E-state index is 5.41. The van der Waals surface area contributed by atoms with E-state index in [-0.39, 0.29) is 0 Å². The normalized spacial score (nSPS) is 11.1. The van der Waals surface area contributed by atoms with Crippen LogP contribution in [-0.4, -0.2) is 33.5 Å². The molecule has 0 atom stereocenters. The molecule has 0 bridgehead atoms. The van der Waals surface area contributed by atoms with Crippen LogP contribution in [0.4, 0.5) is 0 Å². The van der Waals surface area contributed by atoms with E-state index in [1.54, 1.807) is 14.2 Å². The Kier molecular flexibility index (Phi) is 9.80. The van der Waals surface area contributed by atoms with Crippen LogP contribution in [0.25, 0.3) is 0 Å². The molecule has 0 saturated heterocycles. The molecule has 0 unspecified atom stereocenters. The van der Waals surface area contributed by atoms with Crippen molar-refractivity contribution in [3.63, 3.8) is 0 Å². The Hall–Kier alpha value is -0.160. The van der Waals surface area contributed by atoms with Crippen molar-refractivity contribution in [2.45, 2.75) is 31.7 Å². The van der Waals surface area contributed by atoms with Crippen LogP contribution in [0.1, 0.15) is 25.7 Å². The van der Waals surface area contributed by atoms with Gasteiger partial charge in [-0.1, -0.05) is 0 Å². The summed E-state index contributed by atoms with van der Waals surface area (Å²) in [6.45, 7) is 1.62. The maximum atomic E-state index is 5.41. The predicted molar refractivity (Wildman–Crippen MR) is 53.3 cm³/mol. The molecule has 0 aromatic carbocycles. The van der Waals surface area contributed by atoms with E-state index in [2.05, 4.69) is 5.43 Å². The van der Waals surface area contributed by atoms with Crippen LogP contribution in [-0.2, 0) is 9.47 Å².